The van der Waals surface area contributed by atoms with Crippen LogP contribution in [0.5, 0.6) is 0 Å². The third kappa shape index (κ3) is 3.87. The first-order valence-electron chi connectivity index (χ1n) is 12.2. The van der Waals surface area contributed by atoms with Gasteiger partial charge < -0.3 is 15.2 Å². The number of carbonyl (C=O) groups is 2. The van der Waals surface area contributed by atoms with Crippen LogP contribution in [-0.2, 0) is 18.3 Å². The minimum atomic E-state index is -0.163. The fraction of sp³-hybridized carbons (Fsp3) is 0.286. The van der Waals surface area contributed by atoms with E-state index >= 15 is 0 Å². The number of benzene rings is 2. The van der Waals surface area contributed by atoms with Gasteiger partial charge in [0, 0.05) is 36.5 Å². The Balaban J connectivity index is 1.39. The second kappa shape index (κ2) is 8.65. The van der Waals surface area contributed by atoms with Crippen LogP contribution in [0.3, 0.4) is 0 Å². The quantitative estimate of drug-likeness (QED) is 0.443. The molecule has 2 aromatic carbocycles. The van der Waals surface area contributed by atoms with Crippen molar-refractivity contribution in [3.63, 3.8) is 0 Å². The number of carbonyl (C=O) groups excluding carboxylic acids is 2. The Hall–Kier alpha value is -4.00. The maximum Gasteiger partial charge on any atom is 0.251 e. The summed E-state index contributed by atoms with van der Waals surface area (Å²) in [7, 11) is 1.93. The van der Waals surface area contributed by atoms with Crippen LogP contribution in [0, 0.1) is 5.92 Å². The van der Waals surface area contributed by atoms with Gasteiger partial charge in [0.15, 0.2) is 0 Å². The molecule has 1 fully saturated rings. The minimum absolute atomic E-state index is 0.00601. The van der Waals surface area contributed by atoms with Crippen molar-refractivity contribution in [3.05, 3.63) is 77.6 Å². The molecule has 4 aromatic rings. The predicted octanol–water partition coefficient (Wildman–Crippen LogP) is 4.79. The summed E-state index contributed by atoms with van der Waals surface area (Å²) < 4.78 is 1.97. The highest BCUT2D eigenvalue weighted by Gasteiger charge is 2.28. The molecule has 35 heavy (non-hydrogen) atoms. The first-order chi connectivity index (χ1) is 17.1. The van der Waals surface area contributed by atoms with Crippen LogP contribution in [0.4, 0.5) is 5.69 Å². The largest absolute Gasteiger partial charge is 0.345 e. The van der Waals surface area contributed by atoms with Gasteiger partial charge in [0.05, 0.1) is 22.8 Å². The normalized spacial score (nSPS) is 17.1. The lowest BCUT2D eigenvalue weighted by Gasteiger charge is -2.24. The summed E-state index contributed by atoms with van der Waals surface area (Å²) in [5.41, 5.74) is 5.96. The highest BCUT2D eigenvalue weighted by Crippen LogP contribution is 2.34. The monoisotopic (exact) mass is 465 g/mol. The lowest BCUT2D eigenvalue weighted by atomic mass is 9.85. The molecule has 1 atom stereocenters. The Bertz CT molecular complexity index is 1440. The molecule has 2 aliphatic rings. The number of nitrogens with one attached hydrogen (secondary N) is 2. The molecule has 0 saturated heterocycles. The van der Waals surface area contributed by atoms with Gasteiger partial charge in [-0.2, -0.15) is 0 Å². The topological polar surface area (TPSA) is 88.9 Å². The zero-order valence-electron chi connectivity index (χ0n) is 19.6. The van der Waals surface area contributed by atoms with E-state index in [1.165, 1.54) is 11.1 Å². The summed E-state index contributed by atoms with van der Waals surface area (Å²) in [6, 6.07) is 15.6. The number of fused-ring (bicyclic) bond motifs is 2. The number of pyridine rings is 1. The van der Waals surface area contributed by atoms with E-state index in [9.17, 15) is 9.59 Å². The van der Waals surface area contributed by atoms with Gasteiger partial charge in [-0.25, -0.2) is 4.98 Å². The van der Waals surface area contributed by atoms with E-state index in [0.717, 1.165) is 49.0 Å². The van der Waals surface area contributed by atoms with Crippen molar-refractivity contribution in [3.8, 4) is 11.4 Å². The molecule has 7 nitrogen and oxygen atoms in total. The van der Waals surface area contributed by atoms with Crippen molar-refractivity contribution < 1.29 is 9.59 Å². The second-order valence-corrected chi connectivity index (χ2v) is 9.50. The van der Waals surface area contributed by atoms with Gasteiger partial charge >= 0.3 is 0 Å². The highest BCUT2D eigenvalue weighted by atomic mass is 16.2. The standard InChI is InChI=1S/C28H27N5O2/c1-33-25-23(30-26(33)18-11-13-29-14-12-18)15-20(16-24(25)32-27(34)19-6-4-7-19)28(35)31-22-10-9-17-5-2-3-8-21(17)22/h2-3,5,8,11-16,19,22H,4,6-7,9-10H2,1H3,(H,31,35)(H,32,34)/t22-/m1/s1. The number of anilines is 1. The van der Waals surface area contributed by atoms with Crippen LogP contribution in [0.25, 0.3) is 22.4 Å². The van der Waals surface area contributed by atoms with Gasteiger partial charge in [0.1, 0.15) is 5.82 Å². The molecule has 2 aromatic heterocycles. The fourth-order valence-corrected chi connectivity index (χ4v) is 5.19. The second-order valence-electron chi connectivity index (χ2n) is 9.50. The van der Waals surface area contributed by atoms with E-state index in [2.05, 4.69) is 27.8 Å². The Morgan fingerprint density at radius 3 is 2.60 bits per heavy atom. The number of aryl methyl sites for hydroxylation is 2. The van der Waals surface area contributed by atoms with Crippen molar-refractivity contribution in [1.82, 2.24) is 19.9 Å². The Kier molecular flexibility index (Phi) is 5.32. The number of rotatable bonds is 5. The van der Waals surface area contributed by atoms with Crippen molar-refractivity contribution in [2.24, 2.45) is 13.0 Å². The average molecular weight is 466 g/mol. The number of nitrogens with zero attached hydrogens (tertiary/aromatic N) is 3. The first kappa shape index (κ1) is 21.5. The Morgan fingerprint density at radius 2 is 1.83 bits per heavy atom. The summed E-state index contributed by atoms with van der Waals surface area (Å²) >= 11 is 0. The summed E-state index contributed by atoms with van der Waals surface area (Å²) in [5.74, 6) is 0.629. The zero-order valence-corrected chi connectivity index (χ0v) is 19.6. The molecule has 0 unspecified atom stereocenters. The Morgan fingerprint density at radius 1 is 1.03 bits per heavy atom. The molecule has 2 heterocycles. The molecule has 176 valence electrons. The first-order valence-corrected chi connectivity index (χ1v) is 12.2. The average Bonchev–Trinajstić information content (AvgIpc) is 3.39. The molecule has 2 aliphatic carbocycles. The lowest BCUT2D eigenvalue weighted by molar-refractivity contribution is -0.122. The molecular weight excluding hydrogens is 438 g/mol. The maximum atomic E-state index is 13.4. The SMILES string of the molecule is Cn1c(-c2ccncc2)nc2cc(C(=O)N[C@@H]3CCc4ccccc43)cc(NC(=O)C3CCC3)c21. The van der Waals surface area contributed by atoms with Gasteiger partial charge in [0.2, 0.25) is 5.91 Å². The molecule has 2 N–H and O–H groups in total. The van der Waals surface area contributed by atoms with Gasteiger partial charge in [-0.1, -0.05) is 30.7 Å². The Labute approximate surface area is 203 Å². The summed E-state index contributed by atoms with van der Waals surface area (Å²) in [4.78, 5) is 35.2. The van der Waals surface area contributed by atoms with Gasteiger partial charge in [-0.3, -0.25) is 14.6 Å². The molecule has 7 heteroatoms. The van der Waals surface area contributed by atoms with Crippen molar-refractivity contribution in [2.75, 3.05) is 5.32 Å². The molecule has 0 radical (unpaired) electrons. The van der Waals surface area contributed by atoms with E-state index in [-0.39, 0.29) is 23.8 Å². The number of aromatic nitrogens is 3. The van der Waals surface area contributed by atoms with E-state index < -0.39 is 0 Å². The number of hydrogen-bond donors (Lipinski definition) is 2. The van der Waals surface area contributed by atoms with Gasteiger partial charge in [0.25, 0.3) is 5.91 Å². The fourth-order valence-electron chi connectivity index (χ4n) is 5.19. The zero-order chi connectivity index (χ0) is 23.9. The predicted molar refractivity (Wildman–Crippen MR) is 135 cm³/mol. The highest BCUT2D eigenvalue weighted by molar-refractivity contribution is 6.06. The summed E-state index contributed by atoms with van der Waals surface area (Å²) in [5, 5.41) is 6.31. The number of amides is 2. The molecule has 6 rings (SSSR count). The molecule has 0 bridgehead atoms. The third-order valence-corrected chi connectivity index (χ3v) is 7.34. The minimum Gasteiger partial charge on any atom is -0.345 e. The van der Waals surface area contributed by atoms with Gasteiger partial charge in [-0.15, -0.1) is 0 Å². The van der Waals surface area contributed by atoms with E-state index in [4.69, 9.17) is 4.98 Å². The van der Waals surface area contributed by atoms with Gasteiger partial charge in [-0.05, 0) is 61.1 Å². The maximum absolute atomic E-state index is 13.4. The van der Waals surface area contributed by atoms with Crippen molar-refractivity contribution in [1.29, 1.82) is 0 Å². The van der Waals surface area contributed by atoms with Crippen LogP contribution < -0.4 is 10.6 Å². The third-order valence-electron chi connectivity index (χ3n) is 7.34. The van der Waals surface area contributed by atoms with Crippen LogP contribution >= 0.6 is 0 Å². The van der Waals surface area contributed by atoms with Crippen LogP contribution in [-0.4, -0.2) is 26.3 Å². The van der Waals surface area contributed by atoms with E-state index in [1.54, 1.807) is 18.5 Å². The van der Waals surface area contributed by atoms with Crippen LogP contribution in [0.1, 0.15) is 53.2 Å². The van der Waals surface area contributed by atoms with Crippen LogP contribution in [0.2, 0.25) is 0 Å². The smallest absolute Gasteiger partial charge is 0.251 e. The summed E-state index contributed by atoms with van der Waals surface area (Å²) in [6.07, 6.45) is 8.19. The van der Waals surface area contributed by atoms with Crippen molar-refractivity contribution >= 4 is 28.5 Å². The molecule has 2 amide bonds. The van der Waals surface area contributed by atoms with Crippen LogP contribution in [0.15, 0.2) is 60.9 Å². The van der Waals surface area contributed by atoms with E-state index in [1.807, 2.05) is 41.9 Å². The number of hydrogen-bond acceptors (Lipinski definition) is 4. The molecule has 1 saturated carbocycles. The lowest BCUT2D eigenvalue weighted by Crippen LogP contribution is -2.29. The molecule has 0 spiro atoms. The van der Waals surface area contributed by atoms with E-state index in [0.29, 0.717) is 16.8 Å². The molecule has 0 aliphatic heterocycles. The molecular formula is C28H27N5O2. The summed E-state index contributed by atoms with van der Waals surface area (Å²) in [6.45, 7) is 0. The van der Waals surface area contributed by atoms with Crippen molar-refractivity contribution in [2.45, 2.75) is 38.1 Å². The number of imidazole rings is 1.